The van der Waals surface area contributed by atoms with Crippen LogP contribution in [0, 0.1) is 11.3 Å². The number of benzene rings is 1. The van der Waals surface area contributed by atoms with Crippen molar-refractivity contribution in [1.82, 2.24) is 19.7 Å². The third kappa shape index (κ3) is 4.71. The molecule has 1 aromatic carbocycles. The SMILES string of the molecule is C=C(OC)c1ccccc1NC(=O)C(N=Nc1c(C#N)cnn1-c1ncccn1)C(C)=O. The van der Waals surface area contributed by atoms with Gasteiger partial charge in [0.25, 0.3) is 11.9 Å². The van der Waals surface area contributed by atoms with Crippen molar-refractivity contribution in [2.45, 2.75) is 13.0 Å². The number of amides is 1. The number of rotatable bonds is 8. The molecule has 2 aromatic heterocycles. The average molecular weight is 430 g/mol. The molecule has 1 amide bonds. The molecule has 0 saturated carbocycles. The zero-order chi connectivity index (χ0) is 23.1. The number of hydrogen-bond acceptors (Lipinski definition) is 9. The highest BCUT2D eigenvalue weighted by Gasteiger charge is 2.25. The summed E-state index contributed by atoms with van der Waals surface area (Å²) >= 11 is 0. The largest absolute Gasteiger partial charge is 0.497 e. The number of carbonyl (C=O) groups excluding carboxylic acids is 2. The maximum atomic E-state index is 12.8. The lowest BCUT2D eigenvalue weighted by atomic mass is 10.1. The number of carbonyl (C=O) groups is 2. The number of anilines is 1. The Morgan fingerprint density at radius 3 is 2.62 bits per heavy atom. The molecule has 11 heteroatoms. The standard InChI is InChI=1S/C21H18N8O3/c1-13(30)18(20(31)26-17-8-5-4-7-16(17)14(2)32-3)27-28-19-15(11-22)12-25-29(19)21-23-9-6-10-24-21/h4-10,12,18H,2H2,1,3H3,(H,26,31). The molecule has 0 fully saturated rings. The van der Waals surface area contributed by atoms with Gasteiger partial charge in [0, 0.05) is 18.0 Å². The highest BCUT2D eigenvalue weighted by atomic mass is 16.5. The normalized spacial score (nSPS) is 11.5. The molecule has 0 bridgehead atoms. The smallest absolute Gasteiger partial charge is 0.258 e. The summed E-state index contributed by atoms with van der Waals surface area (Å²) in [4.78, 5) is 33.1. The molecule has 0 aliphatic carbocycles. The highest BCUT2D eigenvalue weighted by Crippen LogP contribution is 2.24. The lowest BCUT2D eigenvalue weighted by Gasteiger charge is -2.14. The second kappa shape index (κ2) is 9.86. The van der Waals surface area contributed by atoms with Crippen molar-refractivity contribution in [3.63, 3.8) is 0 Å². The average Bonchev–Trinajstić information content (AvgIpc) is 3.22. The summed E-state index contributed by atoms with van der Waals surface area (Å²) in [5.41, 5.74) is 1.02. The Morgan fingerprint density at radius 2 is 1.97 bits per heavy atom. The summed E-state index contributed by atoms with van der Waals surface area (Å²) in [6.45, 7) is 5.00. The molecular formula is C21H18N8O3. The van der Waals surface area contributed by atoms with Crippen molar-refractivity contribution in [1.29, 1.82) is 5.26 Å². The fraction of sp³-hybridized carbons (Fsp3) is 0.143. The summed E-state index contributed by atoms with van der Waals surface area (Å²) in [6, 6.07) is 8.90. The second-order valence-corrected chi connectivity index (χ2v) is 6.35. The van der Waals surface area contributed by atoms with Crippen molar-refractivity contribution >= 4 is 29.0 Å². The molecule has 0 spiro atoms. The summed E-state index contributed by atoms with van der Waals surface area (Å²) < 4.78 is 6.33. The van der Waals surface area contributed by atoms with Crippen LogP contribution in [0.3, 0.4) is 0 Å². The molecule has 3 aromatic rings. The van der Waals surface area contributed by atoms with E-state index in [2.05, 4.69) is 37.2 Å². The Hall–Kier alpha value is -4.72. The van der Waals surface area contributed by atoms with Crippen molar-refractivity contribution in [2.75, 3.05) is 12.4 Å². The van der Waals surface area contributed by atoms with Crippen LogP contribution >= 0.6 is 0 Å². The highest BCUT2D eigenvalue weighted by molar-refractivity contribution is 6.10. The van der Waals surface area contributed by atoms with Crippen LogP contribution in [0.25, 0.3) is 11.7 Å². The quantitative estimate of drug-likeness (QED) is 0.328. The monoisotopic (exact) mass is 430 g/mol. The fourth-order valence-corrected chi connectivity index (χ4v) is 2.64. The minimum absolute atomic E-state index is 0.00842. The van der Waals surface area contributed by atoms with E-state index in [0.29, 0.717) is 17.0 Å². The van der Waals surface area contributed by atoms with E-state index in [1.165, 1.54) is 37.3 Å². The number of ketones is 1. The van der Waals surface area contributed by atoms with Gasteiger partial charge in [0.2, 0.25) is 6.04 Å². The van der Waals surface area contributed by atoms with Crippen LogP contribution in [0.5, 0.6) is 0 Å². The van der Waals surface area contributed by atoms with E-state index in [1.54, 1.807) is 30.3 Å². The second-order valence-electron chi connectivity index (χ2n) is 6.35. The van der Waals surface area contributed by atoms with Crippen molar-refractivity contribution < 1.29 is 14.3 Å². The van der Waals surface area contributed by atoms with Gasteiger partial charge in [-0.15, -0.1) is 5.11 Å². The number of hydrogen-bond donors (Lipinski definition) is 1. The van der Waals surface area contributed by atoms with Crippen LogP contribution in [0.1, 0.15) is 18.1 Å². The van der Waals surface area contributed by atoms with Gasteiger partial charge in [-0.1, -0.05) is 18.7 Å². The Bertz CT molecular complexity index is 1230. The molecular weight excluding hydrogens is 412 g/mol. The zero-order valence-corrected chi connectivity index (χ0v) is 17.3. The van der Waals surface area contributed by atoms with Crippen LogP contribution in [0.4, 0.5) is 11.5 Å². The van der Waals surface area contributed by atoms with Crippen molar-refractivity contribution in [2.24, 2.45) is 10.2 Å². The molecule has 1 unspecified atom stereocenters. The lowest BCUT2D eigenvalue weighted by molar-refractivity contribution is -0.126. The lowest BCUT2D eigenvalue weighted by Crippen LogP contribution is -2.32. The van der Waals surface area contributed by atoms with Gasteiger partial charge in [-0.2, -0.15) is 20.2 Å². The maximum Gasteiger partial charge on any atom is 0.258 e. The predicted octanol–water partition coefficient (Wildman–Crippen LogP) is 2.83. The molecule has 0 saturated heterocycles. The predicted molar refractivity (Wildman–Crippen MR) is 114 cm³/mol. The van der Waals surface area contributed by atoms with Crippen LogP contribution in [-0.4, -0.2) is 44.6 Å². The summed E-state index contributed by atoms with van der Waals surface area (Å²) in [7, 11) is 1.46. The van der Waals surface area contributed by atoms with E-state index in [4.69, 9.17) is 4.74 Å². The number of ether oxygens (including phenoxy) is 1. The van der Waals surface area contributed by atoms with Crippen LogP contribution in [-0.2, 0) is 14.3 Å². The van der Waals surface area contributed by atoms with Crippen LogP contribution in [0.2, 0.25) is 0 Å². The number of azo groups is 1. The molecule has 1 N–H and O–H groups in total. The third-order valence-corrected chi connectivity index (χ3v) is 4.24. The van der Waals surface area contributed by atoms with E-state index in [-0.39, 0.29) is 17.3 Å². The summed E-state index contributed by atoms with van der Waals surface area (Å²) in [5.74, 6) is -0.773. The van der Waals surface area contributed by atoms with Gasteiger partial charge in [0.15, 0.2) is 11.6 Å². The number of nitrogens with one attached hydrogen (secondary N) is 1. The van der Waals surface area contributed by atoms with Gasteiger partial charge >= 0.3 is 0 Å². The molecule has 0 aliphatic heterocycles. The summed E-state index contributed by atoms with van der Waals surface area (Å²) in [6.07, 6.45) is 4.25. The van der Waals surface area contributed by atoms with Gasteiger partial charge in [0.1, 0.15) is 17.4 Å². The number of aromatic nitrogens is 4. The molecule has 11 nitrogen and oxygen atoms in total. The van der Waals surface area contributed by atoms with Crippen molar-refractivity contribution in [3.8, 4) is 12.0 Å². The Balaban J connectivity index is 1.91. The first-order chi connectivity index (χ1) is 15.5. The molecule has 3 rings (SSSR count). The van der Waals surface area contributed by atoms with Crippen molar-refractivity contribution in [3.05, 3.63) is 66.6 Å². The van der Waals surface area contributed by atoms with E-state index in [9.17, 15) is 14.9 Å². The molecule has 2 heterocycles. The third-order valence-electron chi connectivity index (χ3n) is 4.24. The van der Waals surface area contributed by atoms with Gasteiger partial charge in [-0.3, -0.25) is 9.59 Å². The fourth-order valence-electron chi connectivity index (χ4n) is 2.64. The minimum atomic E-state index is -1.47. The van der Waals surface area contributed by atoms with Gasteiger partial charge in [-0.25, -0.2) is 9.97 Å². The number of nitrogens with zero attached hydrogens (tertiary/aromatic N) is 7. The number of methoxy groups -OCH3 is 1. The summed E-state index contributed by atoms with van der Waals surface area (Å²) in [5, 5.41) is 23.9. The molecule has 160 valence electrons. The minimum Gasteiger partial charge on any atom is -0.497 e. The number of para-hydroxylation sites is 1. The van der Waals surface area contributed by atoms with Crippen LogP contribution in [0.15, 0.2) is 65.7 Å². The van der Waals surface area contributed by atoms with Gasteiger partial charge < -0.3 is 10.1 Å². The Morgan fingerprint density at radius 1 is 1.25 bits per heavy atom. The van der Waals surface area contributed by atoms with E-state index in [0.717, 1.165) is 0 Å². The molecule has 32 heavy (non-hydrogen) atoms. The van der Waals surface area contributed by atoms with Crippen LogP contribution < -0.4 is 5.32 Å². The van der Waals surface area contributed by atoms with E-state index >= 15 is 0 Å². The topological polar surface area (TPSA) is 148 Å². The van der Waals surface area contributed by atoms with E-state index < -0.39 is 17.7 Å². The number of nitriles is 1. The first-order valence-corrected chi connectivity index (χ1v) is 9.26. The Labute approximate surface area is 183 Å². The molecule has 0 radical (unpaired) electrons. The Kier molecular flexibility index (Phi) is 6.77. The number of Topliss-reactive ketones (excluding diaryl/α,β-unsaturated/α-hetero) is 1. The first kappa shape index (κ1) is 22.0. The molecule has 1 atom stereocenters. The maximum absolute atomic E-state index is 12.8. The zero-order valence-electron chi connectivity index (χ0n) is 17.3. The first-order valence-electron chi connectivity index (χ1n) is 9.26. The molecule has 0 aliphatic rings. The van der Waals surface area contributed by atoms with Gasteiger partial charge in [0.05, 0.1) is 19.0 Å². The van der Waals surface area contributed by atoms with Gasteiger partial charge in [-0.05, 0) is 25.1 Å². The van der Waals surface area contributed by atoms with E-state index in [1.807, 2.05) is 6.07 Å².